The SMILES string of the molecule is CCCCCCCCC(CCCCCC)COC(=O)CCCCCC(=O)OCC1(COC(=O)CCCCCC(=O)OCC(CCCCCC)CCCCCCCC)CCN(C(=O)CCCN2CCOCC2)CC1. The molecule has 426 valence electrons. The van der Waals surface area contributed by atoms with E-state index in [4.69, 9.17) is 23.7 Å². The van der Waals surface area contributed by atoms with Crippen molar-refractivity contribution in [3.05, 3.63) is 0 Å². The average molecular weight is 1030 g/mol. The molecule has 0 saturated carbocycles. The molecule has 12 nitrogen and oxygen atoms in total. The monoisotopic (exact) mass is 1030 g/mol. The Bertz CT molecular complexity index is 1300. The lowest BCUT2D eigenvalue weighted by Crippen LogP contribution is -2.47. The number of esters is 4. The highest BCUT2D eigenvalue weighted by Crippen LogP contribution is 2.34. The van der Waals surface area contributed by atoms with Crippen LogP contribution in [0.3, 0.4) is 0 Å². The summed E-state index contributed by atoms with van der Waals surface area (Å²) in [6.07, 6.45) is 37.3. The summed E-state index contributed by atoms with van der Waals surface area (Å²) < 4.78 is 28.8. The second kappa shape index (κ2) is 45.5. The normalized spacial score (nSPS) is 15.7. The molecular weight excluding hydrogens is 921 g/mol. The smallest absolute Gasteiger partial charge is 0.305 e. The standard InChI is InChI=1S/C61H112N2O10/c1-5-9-13-17-19-25-34-54(32-23-15-11-7-3)50-70-57(65)37-27-21-29-39-59(67)72-52-61(41-44-63(45-42-61)56(64)36-31-43-62-46-48-69-49-47-62)53-73-60(68)40-30-22-28-38-58(66)71-51-55(33-24-16-12-8-4)35-26-20-18-14-10-6-2/h54-55H,5-53H2,1-4H3. The number of unbranched alkanes of at least 4 members (excludes halogenated alkanes) is 20. The number of hydrogen-bond acceptors (Lipinski definition) is 11. The number of likely N-dealkylation sites (tertiary alicyclic amines) is 1. The third-order valence-corrected chi connectivity index (χ3v) is 15.6. The van der Waals surface area contributed by atoms with Gasteiger partial charge in [-0.25, -0.2) is 0 Å². The van der Waals surface area contributed by atoms with Crippen LogP contribution in [0.15, 0.2) is 0 Å². The lowest BCUT2D eigenvalue weighted by Gasteiger charge is -2.41. The molecule has 1 amide bonds. The molecule has 0 N–H and O–H groups in total. The minimum Gasteiger partial charge on any atom is -0.465 e. The van der Waals surface area contributed by atoms with Gasteiger partial charge in [-0.15, -0.1) is 0 Å². The molecule has 0 aromatic heterocycles. The fourth-order valence-electron chi connectivity index (χ4n) is 10.4. The molecule has 73 heavy (non-hydrogen) atoms. The lowest BCUT2D eigenvalue weighted by atomic mass is 9.79. The molecule has 0 aromatic rings. The number of hydrogen-bond donors (Lipinski definition) is 0. The Hall–Kier alpha value is -2.73. The Morgan fingerprint density at radius 1 is 0.411 bits per heavy atom. The van der Waals surface area contributed by atoms with E-state index in [-0.39, 0.29) is 55.8 Å². The maximum absolute atomic E-state index is 13.3. The van der Waals surface area contributed by atoms with E-state index in [1.54, 1.807) is 0 Å². The fraction of sp³-hybridized carbons (Fsp3) is 0.918. The summed E-state index contributed by atoms with van der Waals surface area (Å²) in [7, 11) is 0. The van der Waals surface area contributed by atoms with E-state index in [0.29, 0.717) is 95.9 Å². The second-order valence-corrected chi connectivity index (χ2v) is 22.3. The molecule has 2 aliphatic heterocycles. The van der Waals surface area contributed by atoms with Gasteiger partial charge in [0.25, 0.3) is 0 Å². The van der Waals surface area contributed by atoms with Gasteiger partial charge in [0.2, 0.25) is 5.91 Å². The van der Waals surface area contributed by atoms with Gasteiger partial charge in [-0.3, -0.25) is 28.9 Å². The van der Waals surface area contributed by atoms with Gasteiger partial charge in [0.05, 0.1) is 26.4 Å². The maximum atomic E-state index is 13.3. The highest BCUT2D eigenvalue weighted by atomic mass is 16.6. The molecule has 12 heteroatoms. The number of morpholine rings is 1. The number of amides is 1. The zero-order valence-corrected chi connectivity index (χ0v) is 47.8. The topological polar surface area (TPSA) is 138 Å². The van der Waals surface area contributed by atoms with Gasteiger partial charge in [0.15, 0.2) is 0 Å². The van der Waals surface area contributed by atoms with E-state index in [9.17, 15) is 24.0 Å². The second-order valence-electron chi connectivity index (χ2n) is 22.3. The predicted molar refractivity (Wildman–Crippen MR) is 295 cm³/mol. The third-order valence-electron chi connectivity index (χ3n) is 15.6. The Labute approximate surface area is 447 Å². The van der Waals surface area contributed by atoms with Crippen molar-refractivity contribution in [3.63, 3.8) is 0 Å². The number of piperidine rings is 1. The van der Waals surface area contributed by atoms with E-state index >= 15 is 0 Å². The molecule has 0 aliphatic carbocycles. The van der Waals surface area contributed by atoms with Crippen LogP contribution in [0, 0.1) is 17.3 Å². The quantitative estimate of drug-likeness (QED) is 0.0327. The van der Waals surface area contributed by atoms with Crippen molar-refractivity contribution in [1.82, 2.24) is 9.80 Å². The molecule has 0 radical (unpaired) electrons. The number of carbonyl (C=O) groups is 5. The Morgan fingerprint density at radius 2 is 0.753 bits per heavy atom. The number of rotatable bonds is 48. The number of ether oxygens (including phenoxy) is 5. The maximum Gasteiger partial charge on any atom is 0.305 e. The van der Waals surface area contributed by atoms with Crippen molar-refractivity contribution >= 4 is 29.8 Å². The van der Waals surface area contributed by atoms with Gasteiger partial charge in [-0.05, 0) is 89.0 Å². The van der Waals surface area contributed by atoms with Crippen LogP contribution in [0.4, 0.5) is 0 Å². The first-order valence-electron chi connectivity index (χ1n) is 30.8. The lowest BCUT2D eigenvalue weighted by molar-refractivity contribution is -0.158. The Kier molecular flexibility index (Phi) is 41.3. The van der Waals surface area contributed by atoms with Crippen molar-refractivity contribution < 1.29 is 47.7 Å². The van der Waals surface area contributed by atoms with Crippen molar-refractivity contribution in [2.24, 2.45) is 17.3 Å². The van der Waals surface area contributed by atoms with Crippen LogP contribution >= 0.6 is 0 Å². The van der Waals surface area contributed by atoms with E-state index in [1.807, 2.05) is 4.90 Å². The van der Waals surface area contributed by atoms with Crippen LogP contribution in [0.2, 0.25) is 0 Å². The highest BCUT2D eigenvalue weighted by Gasteiger charge is 2.38. The number of carbonyl (C=O) groups excluding carboxylic acids is 5. The first-order valence-corrected chi connectivity index (χ1v) is 30.8. The van der Waals surface area contributed by atoms with Gasteiger partial charge < -0.3 is 28.6 Å². The first-order chi connectivity index (χ1) is 35.6. The van der Waals surface area contributed by atoms with E-state index < -0.39 is 5.41 Å². The van der Waals surface area contributed by atoms with E-state index in [0.717, 1.165) is 77.8 Å². The summed E-state index contributed by atoms with van der Waals surface area (Å²) >= 11 is 0. The molecule has 2 rings (SSSR count). The minimum absolute atomic E-state index is 0.128. The molecular formula is C61H112N2O10. The van der Waals surface area contributed by atoms with Crippen molar-refractivity contribution in [3.8, 4) is 0 Å². The molecule has 2 fully saturated rings. The largest absolute Gasteiger partial charge is 0.465 e. The van der Waals surface area contributed by atoms with Crippen LogP contribution in [-0.2, 0) is 47.7 Å². The number of nitrogens with zero attached hydrogens (tertiary/aromatic N) is 2. The predicted octanol–water partition coefficient (Wildman–Crippen LogP) is 14.5. The third kappa shape index (κ3) is 36.0. The van der Waals surface area contributed by atoms with Crippen molar-refractivity contribution in [2.75, 3.05) is 72.4 Å². The fourth-order valence-corrected chi connectivity index (χ4v) is 10.4. The Balaban J connectivity index is 1.79. The first kappa shape index (κ1) is 66.4. The minimum atomic E-state index is -0.574. The zero-order valence-electron chi connectivity index (χ0n) is 47.8. The molecule has 2 unspecified atom stereocenters. The molecule has 0 spiro atoms. The van der Waals surface area contributed by atoms with E-state index in [2.05, 4.69) is 32.6 Å². The molecule has 2 aliphatic rings. The highest BCUT2D eigenvalue weighted by molar-refractivity contribution is 5.76. The van der Waals surface area contributed by atoms with Gasteiger partial charge >= 0.3 is 23.9 Å². The van der Waals surface area contributed by atoms with Crippen LogP contribution in [0.1, 0.15) is 272 Å². The van der Waals surface area contributed by atoms with Crippen molar-refractivity contribution in [2.45, 2.75) is 272 Å². The van der Waals surface area contributed by atoms with Crippen LogP contribution in [0.5, 0.6) is 0 Å². The summed E-state index contributed by atoms with van der Waals surface area (Å²) in [5, 5.41) is 0. The summed E-state index contributed by atoms with van der Waals surface area (Å²) in [5.74, 6) is 0.125. The molecule has 2 atom stereocenters. The average Bonchev–Trinajstić information content (AvgIpc) is 3.40. The van der Waals surface area contributed by atoms with Crippen LogP contribution < -0.4 is 0 Å². The van der Waals surface area contributed by atoms with E-state index in [1.165, 1.54) is 128 Å². The summed E-state index contributed by atoms with van der Waals surface area (Å²) in [4.78, 5) is 69.1. The summed E-state index contributed by atoms with van der Waals surface area (Å²) in [6.45, 7) is 15.5. The van der Waals surface area contributed by atoms with Gasteiger partial charge in [-0.2, -0.15) is 0 Å². The molecule has 0 aromatic carbocycles. The Morgan fingerprint density at radius 3 is 1.15 bits per heavy atom. The summed E-state index contributed by atoms with van der Waals surface area (Å²) in [6, 6.07) is 0. The van der Waals surface area contributed by atoms with Gasteiger partial charge in [0.1, 0.15) is 13.2 Å². The molecule has 0 bridgehead atoms. The molecule has 2 heterocycles. The zero-order chi connectivity index (χ0) is 52.9. The van der Waals surface area contributed by atoms with Crippen LogP contribution in [-0.4, -0.2) is 112 Å². The van der Waals surface area contributed by atoms with Gasteiger partial charge in [-0.1, -0.05) is 169 Å². The molecule has 2 saturated heterocycles. The van der Waals surface area contributed by atoms with Crippen molar-refractivity contribution in [1.29, 1.82) is 0 Å². The van der Waals surface area contributed by atoms with Crippen LogP contribution in [0.25, 0.3) is 0 Å². The summed E-state index contributed by atoms with van der Waals surface area (Å²) in [5.41, 5.74) is -0.574. The van der Waals surface area contributed by atoms with Gasteiger partial charge in [0, 0.05) is 63.7 Å².